The lowest BCUT2D eigenvalue weighted by Gasteiger charge is -2.44. The topological polar surface area (TPSA) is 55.0 Å². The molecule has 98 valence electrons. The second-order valence-electron chi connectivity index (χ2n) is 5.61. The lowest BCUT2D eigenvalue weighted by molar-refractivity contribution is 0.0845. The van der Waals surface area contributed by atoms with E-state index in [0.29, 0.717) is 12.0 Å². The molecule has 4 nitrogen and oxygen atoms in total. The number of rotatable bonds is 2. The van der Waals surface area contributed by atoms with Crippen LogP contribution in [0, 0.1) is 5.92 Å². The van der Waals surface area contributed by atoms with Crippen LogP contribution in [-0.2, 0) is 12.8 Å². The zero-order valence-electron chi connectivity index (χ0n) is 11.1. The molecule has 4 heteroatoms. The highest BCUT2D eigenvalue weighted by molar-refractivity contribution is 5.29. The van der Waals surface area contributed by atoms with E-state index in [2.05, 4.69) is 21.8 Å². The van der Waals surface area contributed by atoms with Crippen molar-refractivity contribution in [3.05, 3.63) is 17.5 Å². The van der Waals surface area contributed by atoms with E-state index in [4.69, 9.17) is 5.73 Å². The second kappa shape index (κ2) is 4.84. The number of fused-ring (bicyclic) bond motifs is 2. The van der Waals surface area contributed by atoms with E-state index in [1.807, 2.05) is 6.20 Å². The van der Waals surface area contributed by atoms with Crippen molar-refractivity contribution in [3.8, 4) is 0 Å². The van der Waals surface area contributed by atoms with Gasteiger partial charge in [0.05, 0.1) is 0 Å². The van der Waals surface area contributed by atoms with E-state index in [1.54, 1.807) is 0 Å². The van der Waals surface area contributed by atoms with E-state index < -0.39 is 0 Å². The van der Waals surface area contributed by atoms with Crippen molar-refractivity contribution in [1.82, 2.24) is 14.9 Å². The summed E-state index contributed by atoms with van der Waals surface area (Å²) in [6.07, 6.45) is 8.06. The molecule has 2 heterocycles. The minimum atomic E-state index is 0.424. The maximum Gasteiger partial charge on any atom is 0.220 e. The van der Waals surface area contributed by atoms with Crippen molar-refractivity contribution < 1.29 is 0 Å². The van der Waals surface area contributed by atoms with Crippen LogP contribution in [0.4, 0.5) is 5.95 Å². The number of nitrogens with zero attached hydrogens (tertiary/aromatic N) is 3. The molecule has 1 aromatic rings. The molecule has 0 radical (unpaired) electrons. The van der Waals surface area contributed by atoms with E-state index in [-0.39, 0.29) is 0 Å². The summed E-state index contributed by atoms with van der Waals surface area (Å²) in [5.41, 5.74) is 8.20. The second-order valence-corrected chi connectivity index (χ2v) is 5.61. The van der Waals surface area contributed by atoms with Crippen LogP contribution in [-0.4, -0.2) is 34.0 Å². The number of hydrogen-bond acceptors (Lipinski definition) is 4. The first-order valence-electron chi connectivity index (χ1n) is 7.12. The van der Waals surface area contributed by atoms with Gasteiger partial charge in [-0.25, -0.2) is 9.97 Å². The molecule has 3 rings (SSSR count). The van der Waals surface area contributed by atoms with Crippen molar-refractivity contribution in [2.45, 2.75) is 45.1 Å². The fourth-order valence-corrected chi connectivity index (χ4v) is 3.59. The third-order valence-corrected chi connectivity index (χ3v) is 4.40. The Balaban J connectivity index is 1.85. The summed E-state index contributed by atoms with van der Waals surface area (Å²) in [6, 6.07) is 0.707. The van der Waals surface area contributed by atoms with Gasteiger partial charge in [-0.15, -0.1) is 0 Å². The molecule has 0 spiro atoms. The first kappa shape index (κ1) is 11.9. The number of nitrogens with two attached hydrogens (primary N) is 1. The van der Waals surface area contributed by atoms with Crippen LogP contribution in [0.15, 0.2) is 6.20 Å². The largest absolute Gasteiger partial charge is 0.368 e. The fourth-order valence-electron chi connectivity index (χ4n) is 3.59. The number of hydrogen-bond donors (Lipinski definition) is 1. The van der Waals surface area contributed by atoms with Gasteiger partial charge in [-0.1, -0.05) is 6.92 Å². The Labute approximate surface area is 109 Å². The number of nitrogen functional groups attached to an aromatic ring is 1. The number of piperidine rings is 1. The van der Waals surface area contributed by atoms with E-state index in [0.717, 1.165) is 18.8 Å². The molecule has 0 saturated carbocycles. The minimum Gasteiger partial charge on any atom is -0.368 e. The van der Waals surface area contributed by atoms with Crippen molar-refractivity contribution in [1.29, 1.82) is 0 Å². The Morgan fingerprint density at radius 1 is 1.44 bits per heavy atom. The monoisotopic (exact) mass is 246 g/mol. The number of likely N-dealkylation sites (tertiary alicyclic amines) is 1. The minimum absolute atomic E-state index is 0.424. The van der Waals surface area contributed by atoms with Gasteiger partial charge in [-0.3, -0.25) is 4.90 Å². The van der Waals surface area contributed by atoms with Crippen LogP contribution < -0.4 is 5.73 Å². The molecule has 2 atom stereocenters. The molecular weight excluding hydrogens is 224 g/mol. The highest BCUT2D eigenvalue weighted by Crippen LogP contribution is 2.34. The lowest BCUT2D eigenvalue weighted by atomic mass is 9.77. The van der Waals surface area contributed by atoms with Crippen LogP contribution >= 0.6 is 0 Å². The molecular formula is C14H22N4. The summed E-state index contributed by atoms with van der Waals surface area (Å²) in [6.45, 7) is 4.76. The Hall–Kier alpha value is -1.16. The van der Waals surface area contributed by atoms with Crippen LogP contribution in [0.1, 0.15) is 37.4 Å². The molecule has 0 bridgehead atoms. The van der Waals surface area contributed by atoms with Gasteiger partial charge in [0.2, 0.25) is 5.95 Å². The molecule has 0 amide bonds. The number of aromatic nitrogens is 2. The molecule has 1 fully saturated rings. The molecule has 1 aliphatic carbocycles. The molecule has 1 saturated heterocycles. The summed E-state index contributed by atoms with van der Waals surface area (Å²) in [5, 5.41) is 0. The Kier molecular flexibility index (Phi) is 3.20. The van der Waals surface area contributed by atoms with E-state index in [1.165, 1.54) is 43.6 Å². The average molecular weight is 246 g/mol. The van der Waals surface area contributed by atoms with Gasteiger partial charge >= 0.3 is 0 Å². The molecule has 2 aliphatic rings. The van der Waals surface area contributed by atoms with Gasteiger partial charge in [-0.05, 0) is 56.7 Å². The molecule has 0 unspecified atom stereocenters. The molecule has 0 aromatic carbocycles. The summed E-state index contributed by atoms with van der Waals surface area (Å²) < 4.78 is 0. The molecule has 18 heavy (non-hydrogen) atoms. The summed E-state index contributed by atoms with van der Waals surface area (Å²) >= 11 is 0. The van der Waals surface area contributed by atoms with Crippen molar-refractivity contribution in [2.24, 2.45) is 5.92 Å². The molecule has 2 N–H and O–H groups in total. The SMILES string of the molecule is CCCN1CCC[C@H]2Cc3nc(N)ncc3C[C@@H]21. The standard InChI is InChI=1S/C14H22N4/c1-2-5-18-6-3-4-10-7-12-11(8-13(10)18)9-16-14(15)17-12/h9-10,13H,2-8H2,1H3,(H2,15,16,17)/t10-,13-/m0/s1. The lowest BCUT2D eigenvalue weighted by Crippen LogP contribution is -2.49. The molecule has 1 aliphatic heterocycles. The van der Waals surface area contributed by atoms with E-state index in [9.17, 15) is 0 Å². The Morgan fingerprint density at radius 3 is 3.17 bits per heavy atom. The van der Waals surface area contributed by atoms with E-state index >= 15 is 0 Å². The van der Waals surface area contributed by atoms with Gasteiger partial charge in [0.15, 0.2) is 0 Å². The molecule has 1 aromatic heterocycles. The van der Waals surface area contributed by atoms with Gasteiger partial charge in [0.25, 0.3) is 0 Å². The fraction of sp³-hybridized carbons (Fsp3) is 0.714. The zero-order valence-corrected chi connectivity index (χ0v) is 11.1. The Morgan fingerprint density at radius 2 is 2.33 bits per heavy atom. The van der Waals surface area contributed by atoms with Gasteiger partial charge < -0.3 is 5.73 Å². The Bertz CT molecular complexity index is 430. The predicted octanol–water partition coefficient (Wildman–Crippen LogP) is 1.65. The third-order valence-electron chi connectivity index (χ3n) is 4.40. The van der Waals surface area contributed by atoms with Gasteiger partial charge in [0.1, 0.15) is 0 Å². The van der Waals surface area contributed by atoms with Crippen molar-refractivity contribution >= 4 is 5.95 Å². The highest BCUT2D eigenvalue weighted by Gasteiger charge is 2.35. The first-order chi connectivity index (χ1) is 8.78. The van der Waals surface area contributed by atoms with Crippen molar-refractivity contribution in [3.63, 3.8) is 0 Å². The van der Waals surface area contributed by atoms with Gasteiger partial charge in [-0.2, -0.15) is 0 Å². The van der Waals surface area contributed by atoms with Gasteiger partial charge in [0, 0.05) is 17.9 Å². The maximum absolute atomic E-state index is 5.69. The van der Waals surface area contributed by atoms with Crippen LogP contribution in [0.2, 0.25) is 0 Å². The predicted molar refractivity (Wildman–Crippen MR) is 72.2 cm³/mol. The van der Waals surface area contributed by atoms with Crippen molar-refractivity contribution in [2.75, 3.05) is 18.8 Å². The average Bonchev–Trinajstić information content (AvgIpc) is 2.37. The van der Waals surface area contributed by atoms with Crippen LogP contribution in [0.3, 0.4) is 0 Å². The van der Waals surface area contributed by atoms with Crippen LogP contribution in [0.5, 0.6) is 0 Å². The smallest absolute Gasteiger partial charge is 0.220 e. The maximum atomic E-state index is 5.69. The van der Waals surface area contributed by atoms with Crippen LogP contribution in [0.25, 0.3) is 0 Å². The zero-order chi connectivity index (χ0) is 12.5. The number of anilines is 1. The first-order valence-corrected chi connectivity index (χ1v) is 7.12. The summed E-state index contributed by atoms with van der Waals surface area (Å²) in [7, 11) is 0. The third kappa shape index (κ3) is 2.09. The summed E-state index contributed by atoms with van der Waals surface area (Å²) in [5.74, 6) is 1.19. The quantitative estimate of drug-likeness (QED) is 0.862. The normalized spacial score (nSPS) is 27.6. The summed E-state index contributed by atoms with van der Waals surface area (Å²) in [4.78, 5) is 11.2. The highest BCUT2D eigenvalue weighted by atomic mass is 15.2.